The largest absolute Gasteiger partial charge is 0.497 e. The molecule has 5 nitrogen and oxygen atoms in total. The number of rotatable bonds is 8. The summed E-state index contributed by atoms with van der Waals surface area (Å²) in [6.45, 7) is 4.07. The number of halogens is 1. The molecule has 1 heterocycles. The fraction of sp³-hybridized carbons (Fsp3) is 0.318. The van der Waals surface area contributed by atoms with Gasteiger partial charge in [-0.15, -0.1) is 6.58 Å². The maximum atomic E-state index is 11.8. The highest BCUT2D eigenvalue weighted by molar-refractivity contribution is 6.32. The van der Waals surface area contributed by atoms with Gasteiger partial charge in [0.25, 0.3) is 0 Å². The molecule has 1 amide bonds. The van der Waals surface area contributed by atoms with E-state index in [0.29, 0.717) is 36.6 Å². The van der Waals surface area contributed by atoms with Crippen molar-refractivity contribution in [2.24, 2.45) is 0 Å². The number of carbonyl (C=O) groups excluding carboxylic acids is 1. The summed E-state index contributed by atoms with van der Waals surface area (Å²) in [5.74, 6) is 2.15. The third kappa shape index (κ3) is 4.42. The molecule has 148 valence electrons. The molecule has 0 saturated heterocycles. The van der Waals surface area contributed by atoms with E-state index in [2.05, 4.69) is 18.0 Å². The average Bonchev–Trinajstić information content (AvgIpc) is 3.13. The Morgan fingerprint density at radius 3 is 2.86 bits per heavy atom. The van der Waals surface area contributed by atoms with Crippen LogP contribution < -0.4 is 19.5 Å². The van der Waals surface area contributed by atoms with E-state index in [9.17, 15) is 4.79 Å². The first-order valence-electron chi connectivity index (χ1n) is 9.14. The van der Waals surface area contributed by atoms with Crippen LogP contribution in [0.5, 0.6) is 17.2 Å². The molecule has 0 unspecified atom stereocenters. The van der Waals surface area contributed by atoms with E-state index < -0.39 is 0 Å². The van der Waals surface area contributed by atoms with Crippen molar-refractivity contribution in [3.63, 3.8) is 0 Å². The molecule has 0 fully saturated rings. The van der Waals surface area contributed by atoms with Crippen molar-refractivity contribution in [2.45, 2.75) is 25.4 Å². The average molecular weight is 402 g/mol. The van der Waals surface area contributed by atoms with E-state index in [1.807, 2.05) is 24.3 Å². The first-order valence-corrected chi connectivity index (χ1v) is 9.52. The summed E-state index contributed by atoms with van der Waals surface area (Å²) >= 11 is 6.49. The number of hydrogen-bond donors (Lipinski definition) is 1. The van der Waals surface area contributed by atoms with E-state index in [1.165, 1.54) is 0 Å². The summed E-state index contributed by atoms with van der Waals surface area (Å²) in [7, 11) is 3.26. The molecule has 2 aromatic rings. The minimum atomic E-state index is -0.136. The number of amides is 1. The van der Waals surface area contributed by atoms with Crippen LogP contribution in [-0.4, -0.2) is 32.8 Å². The van der Waals surface area contributed by atoms with Gasteiger partial charge in [0.05, 0.1) is 25.8 Å². The van der Waals surface area contributed by atoms with Crippen molar-refractivity contribution in [1.29, 1.82) is 0 Å². The van der Waals surface area contributed by atoms with Gasteiger partial charge < -0.3 is 19.5 Å². The molecule has 0 spiro atoms. The minimum absolute atomic E-state index is 0.00707. The Morgan fingerprint density at radius 2 is 2.14 bits per heavy atom. The van der Waals surface area contributed by atoms with Gasteiger partial charge >= 0.3 is 0 Å². The van der Waals surface area contributed by atoms with Crippen LogP contribution in [0.3, 0.4) is 0 Å². The molecule has 0 aromatic heterocycles. The van der Waals surface area contributed by atoms with Crippen LogP contribution in [0.25, 0.3) is 11.1 Å². The molecule has 0 saturated carbocycles. The number of ether oxygens (including phenoxy) is 3. The van der Waals surface area contributed by atoms with E-state index in [0.717, 1.165) is 28.2 Å². The second kappa shape index (κ2) is 9.02. The van der Waals surface area contributed by atoms with Crippen molar-refractivity contribution in [3.8, 4) is 28.4 Å². The molecule has 1 N–H and O–H groups in total. The van der Waals surface area contributed by atoms with Crippen molar-refractivity contribution in [1.82, 2.24) is 5.32 Å². The van der Waals surface area contributed by atoms with Crippen LogP contribution in [0, 0.1) is 0 Å². The van der Waals surface area contributed by atoms with Gasteiger partial charge in [0.15, 0.2) is 0 Å². The molecule has 1 aliphatic heterocycles. The van der Waals surface area contributed by atoms with Crippen molar-refractivity contribution in [2.75, 3.05) is 20.8 Å². The SMILES string of the molecule is C=CCCC(=O)NC[C@H]1Cc2cc(-c3cc(OC)ccc3OC)cc(Cl)c2O1. The van der Waals surface area contributed by atoms with Crippen LogP contribution in [0.15, 0.2) is 43.0 Å². The molecule has 6 heteroatoms. The smallest absolute Gasteiger partial charge is 0.220 e. The summed E-state index contributed by atoms with van der Waals surface area (Å²) in [4.78, 5) is 11.8. The molecule has 0 radical (unpaired) electrons. The van der Waals surface area contributed by atoms with Gasteiger partial charge in [-0.1, -0.05) is 17.7 Å². The number of methoxy groups -OCH3 is 2. The zero-order chi connectivity index (χ0) is 20.1. The predicted octanol–water partition coefficient (Wildman–Crippen LogP) is 4.41. The topological polar surface area (TPSA) is 56.8 Å². The van der Waals surface area contributed by atoms with Crippen LogP contribution in [0.2, 0.25) is 5.02 Å². The third-order valence-corrected chi connectivity index (χ3v) is 4.95. The van der Waals surface area contributed by atoms with E-state index in [4.69, 9.17) is 25.8 Å². The Kier molecular flexibility index (Phi) is 6.47. The van der Waals surface area contributed by atoms with Crippen LogP contribution in [0.1, 0.15) is 18.4 Å². The molecule has 3 rings (SSSR count). The fourth-order valence-corrected chi connectivity index (χ4v) is 3.53. The van der Waals surface area contributed by atoms with Crippen LogP contribution >= 0.6 is 11.6 Å². The Morgan fingerprint density at radius 1 is 1.32 bits per heavy atom. The van der Waals surface area contributed by atoms with Gasteiger partial charge in [0, 0.05) is 24.0 Å². The monoisotopic (exact) mass is 401 g/mol. The standard InChI is InChI=1S/C22H24ClNO4/c1-4-5-6-21(25)24-13-17-10-15-9-14(11-19(23)22(15)28-17)18-12-16(26-2)7-8-20(18)27-3/h4,7-9,11-12,17H,1,5-6,10,13H2,2-3H3,(H,24,25)/t17-/m1/s1. The van der Waals surface area contributed by atoms with Crippen molar-refractivity contribution in [3.05, 3.63) is 53.6 Å². The summed E-state index contributed by atoms with van der Waals surface area (Å²) in [5.41, 5.74) is 2.84. The van der Waals surface area contributed by atoms with E-state index in [1.54, 1.807) is 20.3 Å². The second-order valence-corrected chi connectivity index (χ2v) is 7.00. The Hall–Kier alpha value is -2.66. The molecule has 1 aliphatic rings. The van der Waals surface area contributed by atoms with E-state index in [-0.39, 0.29) is 12.0 Å². The van der Waals surface area contributed by atoms with Crippen molar-refractivity contribution >= 4 is 17.5 Å². The Bertz CT molecular complexity index is 881. The fourth-order valence-electron chi connectivity index (χ4n) is 3.25. The van der Waals surface area contributed by atoms with E-state index >= 15 is 0 Å². The number of allylic oxidation sites excluding steroid dienone is 1. The number of benzene rings is 2. The molecule has 0 aliphatic carbocycles. The van der Waals surface area contributed by atoms with Gasteiger partial charge in [-0.3, -0.25) is 4.79 Å². The summed E-state index contributed by atoms with van der Waals surface area (Å²) < 4.78 is 16.8. The van der Waals surface area contributed by atoms with Crippen molar-refractivity contribution < 1.29 is 19.0 Å². The maximum Gasteiger partial charge on any atom is 0.220 e. The van der Waals surface area contributed by atoms with Crippen LogP contribution in [0.4, 0.5) is 0 Å². The molecule has 2 aromatic carbocycles. The number of carbonyl (C=O) groups is 1. The lowest BCUT2D eigenvalue weighted by molar-refractivity contribution is -0.121. The molecular weight excluding hydrogens is 378 g/mol. The minimum Gasteiger partial charge on any atom is -0.497 e. The third-order valence-electron chi connectivity index (χ3n) is 4.67. The normalized spacial score (nSPS) is 14.8. The summed E-state index contributed by atoms with van der Waals surface area (Å²) in [5, 5.41) is 3.44. The second-order valence-electron chi connectivity index (χ2n) is 6.59. The maximum absolute atomic E-state index is 11.8. The zero-order valence-corrected chi connectivity index (χ0v) is 16.8. The lowest BCUT2D eigenvalue weighted by atomic mass is 9.99. The molecule has 28 heavy (non-hydrogen) atoms. The summed E-state index contributed by atoms with van der Waals surface area (Å²) in [6.07, 6.45) is 3.37. The van der Waals surface area contributed by atoms with Gasteiger partial charge in [-0.05, 0) is 42.3 Å². The first-order chi connectivity index (χ1) is 13.5. The molecular formula is C22H24ClNO4. The van der Waals surface area contributed by atoms with Gasteiger partial charge in [-0.2, -0.15) is 0 Å². The van der Waals surface area contributed by atoms with Gasteiger partial charge in [0.1, 0.15) is 23.4 Å². The molecule has 1 atom stereocenters. The number of hydrogen-bond acceptors (Lipinski definition) is 4. The lowest BCUT2D eigenvalue weighted by Crippen LogP contribution is -2.34. The van der Waals surface area contributed by atoms with Crippen LogP contribution in [-0.2, 0) is 11.2 Å². The quantitative estimate of drug-likeness (QED) is 0.665. The Balaban J connectivity index is 1.78. The highest BCUT2D eigenvalue weighted by Crippen LogP contribution is 2.42. The predicted molar refractivity (Wildman–Crippen MR) is 111 cm³/mol. The Labute approximate surface area is 170 Å². The lowest BCUT2D eigenvalue weighted by Gasteiger charge is -2.13. The molecule has 0 bridgehead atoms. The number of nitrogens with one attached hydrogen (secondary N) is 1. The van der Waals surface area contributed by atoms with Gasteiger partial charge in [0.2, 0.25) is 5.91 Å². The first kappa shape index (κ1) is 20.1. The number of fused-ring (bicyclic) bond motifs is 1. The zero-order valence-electron chi connectivity index (χ0n) is 16.1. The highest BCUT2D eigenvalue weighted by atomic mass is 35.5. The highest BCUT2D eigenvalue weighted by Gasteiger charge is 2.27. The summed E-state index contributed by atoms with van der Waals surface area (Å²) in [6, 6.07) is 9.56. The van der Waals surface area contributed by atoms with Gasteiger partial charge in [-0.25, -0.2) is 0 Å².